The summed E-state index contributed by atoms with van der Waals surface area (Å²) < 4.78 is 1.34. The van der Waals surface area contributed by atoms with Gasteiger partial charge in [0.1, 0.15) is 5.02 Å². The number of anilines is 3. The van der Waals surface area contributed by atoms with Crippen molar-refractivity contribution in [2.45, 2.75) is 19.9 Å². The van der Waals surface area contributed by atoms with Crippen LogP contribution < -0.4 is 16.6 Å². The van der Waals surface area contributed by atoms with Crippen molar-refractivity contribution < 1.29 is 0 Å². The highest BCUT2D eigenvalue weighted by molar-refractivity contribution is 6.33. The van der Waals surface area contributed by atoms with Crippen molar-refractivity contribution in [3.63, 3.8) is 0 Å². The fourth-order valence-corrected chi connectivity index (χ4v) is 1.80. The van der Waals surface area contributed by atoms with Gasteiger partial charge in [0.05, 0.1) is 17.9 Å². The van der Waals surface area contributed by atoms with Crippen molar-refractivity contribution in [1.29, 1.82) is 0 Å². The van der Waals surface area contributed by atoms with Gasteiger partial charge in [-0.3, -0.25) is 4.79 Å². The van der Waals surface area contributed by atoms with Gasteiger partial charge in [0, 0.05) is 11.4 Å². The average molecular weight is 279 g/mol. The molecule has 3 N–H and O–H groups in total. The smallest absolute Gasteiger partial charge is 0.287 e. The largest absolute Gasteiger partial charge is 0.399 e. The van der Waals surface area contributed by atoms with Crippen LogP contribution in [0.1, 0.15) is 19.9 Å². The summed E-state index contributed by atoms with van der Waals surface area (Å²) in [5.74, 6) is 0. The lowest BCUT2D eigenvalue weighted by molar-refractivity contribution is 0.503. The summed E-state index contributed by atoms with van der Waals surface area (Å²) in [5, 5.41) is 7.25. The third kappa shape index (κ3) is 2.88. The number of hydrogen-bond donors (Lipinski definition) is 2. The maximum atomic E-state index is 12.0. The molecule has 0 bridgehead atoms. The van der Waals surface area contributed by atoms with Crippen LogP contribution >= 0.6 is 11.6 Å². The summed E-state index contributed by atoms with van der Waals surface area (Å²) in [4.78, 5) is 12.0. The number of nitrogen functional groups attached to an aromatic ring is 1. The predicted octanol–water partition coefficient (Wildman–Crippen LogP) is 2.80. The summed E-state index contributed by atoms with van der Waals surface area (Å²) in [6.45, 7) is 3.75. The van der Waals surface area contributed by atoms with Crippen LogP contribution in [0.15, 0.2) is 35.3 Å². The molecular formula is C13H15ClN4O. The summed E-state index contributed by atoms with van der Waals surface area (Å²) in [5.41, 5.74) is 7.24. The van der Waals surface area contributed by atoms with Gasteiger partial charge in [-0.15, -0.1) is 0 Å². The van der Waals surface area contributed by atoms with E-state index < -0.39 is 0 Å². The van der Waals surface area contributed by atoms with E-state index in [4.69, 9.17) is 17.3 Å². The van der Waals surface area contributed by atoms with Crippen LogP contribution in [-0.2, 0) is 0 Å². The Morgan fingerprint density at radius 1 is 1.32 bits per heavy atom. The van der Waals surface area contributed by atoms with Crippen LogP contribution in [0.25, 0.3) is 0 Å². The van der Waals surface area contributed by atoms with Crippen molar-refractivity contribution in [2.24, 2.45) is 0 Å². The molecular weight excluding hydrogens is 264 g/mol. The zero-order chi connectivity index (χ0) is 14.0. The van der Waals surface area contributed by atoms with Crippen LogP contribution in [0.2, 0.25) is 5.02 Å². The lowest BCUT2D eigenvalue weighted by Gasteiger charge is -2.12. The molecule has 0 fully saturated rings. The monoisotopic (exact) mass is 278 g/mol. The van der Waals surface area contributed by atoms with Gasteiger partial charge in [0.25, 0.3) is 5.56 Å². The van der Waals surface area contributed by atoms with Gasteiger partial charge in [-0.05, 0) is 38.1 Å². The Morgan fingerprint density at radius 2 is 1.95 bits per heavy atom. The van der Waals surface area contributed by atoms with Gasteiger partial charge < -0.3 is 11.1 Å². The second-order valence-electron chi connectivity index (χ2n) is 4.46. The number of nitrogens with one attached hydrogen (secondary N) is 1. The minimum Gasteiger partial charge on any atom is -0.399 e. The van der Waals surface area contributed by atoms with E-state index in [1.54, 1.807) is 30.5 Å². The Bertz CT molecular complexity index is 634. The molecule has 0 atom stereocenters. The van der Waals surface area contributed by atoms with Crippen molar-refractivity contribution in [2.75, 3.05) is 11.1 Å². The molecule has 0 spiro atoms. The predicted molar refractivity (Wildman–Crippen MR) is 78.0 cm³/mol. The standard InChI is InChI=1S/C13H15ClN4O/c1-8(2)18-13(19)12(14)11(7-16-18)17-10-5-3-9(15)4-6-10/h3-8,17H,15H2,1-2H3. The lowest BCUT2D eigenvalue weighted by atomic mass is 10.3. The number of nitrogens with zero attached hydrogens (tertiary/aromatic N) is 2. The molecule has 1 aromatic carbocycles. The van der Waals surface area contributed by atoms with Gasteiger partial charge in [-0.2, -0.15) is 5.10 Å². The van der Waals surface area contributed by atoms with Crippen molar-refractivity contribution >= 4 is 28.7 Å². The molecule has 100 valence electrons. The summed E-state index contributed by atoms with van der Waals surface area (Å²) in [6, 6.07) is 7.10. The lowest BCUT2D eigenvalue weighted by Crippen LogP contribution is -2.25. The first-order chi connectivity index (χ1) is 8.99. The molecule has 5 nitrogen and oxygen atoms in total. The van der Waals surface area contributed by atoms with Gasteiger partial charge >= 0.3 is 0 Å². The molecule has 0 saturated heterocycles. The fraction of sp³-hybridized carbons (Fsp3) is 0.231. The zero-order valence-corrected chi connectivity index (χ0v) is 11.5. The number of benzene rings is 1. The van der Waals surface area contributed by atoms with Crippen LogP contribution in [0.3, 0.4) is 0 Å². The Kier molecular flexibility index (Phi) is 3.76. The third-order valence-corrected chi connectivity index (χ3v) is 2.99. The van der Waals surface area contributed by atoms with E-state index in [2.05, 4.69) is 10.4 Å². The van der Waals surface area contributed by atoms with E-state index in [0.717, 1.165) is 5.69 Å². The maximum absolute atomic E-state index is 12.0. The second-order valence-corrected chi connectivity index (χ2v) is 4.84. The average Bonchev–Trinajstić information content (AvgIpc) is 2.37. The molecule has 1 heterocycles. The maximum Gasteiger partial charge on any atom is 0.287 e. The molecule has 1 aromatic heterocycles. The second kappa shape index (κ2) is 5.32. The highest BCUT2D eigenvalue weighted by Gasteiger charge is 2.11. The van der Waals surface area contributed by atoms with E-state index in [0.29, 0.717) is 11.4 Å². The number of nitrogens with two attached hydrogens (primary N) is 1. The van der Waals surface area contributed by atoms with Crippen molar-refractivity contribution in [3.05, 3.63) is 45.8 Å². The first-order valence-electron chi connectivity index (χ1n) is 5.89. The minimum atomic E-state index is -0.308. The van der Waals surface area contributed by atoms with E-state index in [1.807, 2.05) is 13.8 Å². The number of aromatic nitrogens is 2. The van der Waals surface area contributed by atoms with E-state index in [1.165, 1.54) is 4.68 Å². The first-order valence-corrected chi connectivity index (χ1v) is 6.26. The molecule has 0 aliphatic carbocycles. The van der Waals surface area contributed by atoms with Crippen LogP contribution in [0.4, 0.5) is 17.1 Å². The zero-order valence-electron chi connectivity index (χ0n) is 10.7. The molecule has 0 aliphatic heterocycles. The number of halogens is 1. The molecule has 2 rings (SSSR count). The molecule has 0 aliphatic rings. The quantitative estimate of drug-likeness (QED) is 0.847. The minimum absolute atomic E-state index is 0.0319. The van der Waals surface area contributed by atoms with Crippen LogP contribution in [0, 0.1) is 0 Å². The van der Waals surface area contributed by atoms with Gasteiger partial charge in [-0.1, -0.05) is 11.6 Å². The molecule has 0 radical (unpaired) electrons. The summed E-state index contributed by atoms with van der Waals surface area (Å²) in [6.07, 6.45) is 1.54. The molecule has 0 saturated carbocycles. The van der Waals surface area contributed by atoms with Gasteiger partial charge in [-0.25, -0.2) is 4.68 Å². The van der Waals surface area contributed by atoms with Crippen molar-refractivity contribution in [1.82, 2.24) is 9.78 Å². The molecule has 6 heteroatoms. The summed E-state index contributed by atoms with van der Waals surface area (Å²) >= 11 is 6.06. The normalized spacial score (nSPS) is 10.7. The highest BCUT2D eigenvalue weighted by Crippen LogP contribution is 2.22. The first kappa shape index (κ1) is 13.4. The Labute approximate surface area is 116 Å². The highest BCUT2D eigenvalue weighted by atomic mass is 35.5. The van der Waals surface area contributed by atoms with E-state index >= 15 is 0 Å². The van der Waals surface area contributed by atoms with Gasteiger partial charge in [0.15, 0.2) is 0 Å². The molecule has 0 amide bonds. The van der Waals surface area contributed by atoms with Crippen LogP contribution in [0.5, 0.6) is 0 Å². The number of hydrogen-bond acceptors (Lipinski definition) is 4. The van der Waals surface area contributed by atoms with Crippen molar-refractivity contribution in [3.8, 4) is 0 Å². The number of rotatable bonds is 3. The Balaban J connectivity index is 2.34. The fourth-order valence-electron chi connectivity index (χ4n) is 1.62. The van der Waals surface area contributed by atoms with E-state index in [9.17, 15) is 4.79 Å². The Hall–Kier alpha value is -2.01. The molecule has 2 aromatic rings. The van der Waals surface area contributed by atoms with Crippen LogP contribution in [-0.4, -0.2) is 9.78 Å². The Morgan fingerprint density at radius 3 is 2.53 bits per heavy atom. The van der Waals surface area contributed by atoms with Gasteiger partial charge in [0.2, 0.25) is 0 Å². The molecule has 0 unspecified atom stereocenters. The topological polar surface area (TPSA) is 72.9 Å². The third-order valence-electron chi connectivity index (χ3n) is 2.62. The molecule has 19 heavy (non-hydrogen) atoms. The van der Waals surface area contributed by atoms with E-state index in [-0.39, 0.29) is 16.6 Å². The summed E-state index contributed by atoms with van der Waals surface area (Å²) in [7, 11) is 0. The SMILES string of the molecule is CC(C)n1ncc(Nc2ccc(N)cc2)c(Cl)c1=O.